The van der Waals surface area contributed by atoms with Crippen molar-refractivity contribution in [3.05, 3.63) is 58.6 Å². The minimum absolute atomic E-state index is 0.00697. The van der Waals surface area contributed by atoms with Gasteiger partial charge in [0, 0.05) is 6.20 Å². The molecular weight excluding hydrogens is 287 g/mol. The van der Waals surface area contributed by atoms with E-state index in [-0.39, 0.29) is 21.8 Å². The van der Waals surface area contributed by atoms with Crippen molar-refractivity contribution in [3.63, 3.8) is 0 Å². The molecule has 2 N–H and O–H groups in total. The van der Waals surface area contributed by atoms with E-state index in [1.807, 2.05) is 0 Å². The maximum absolute atomic E-state index is 12.7. The highest BCUT2D eigenvalue weighted by Gasteiger charge is 2.16. The molecule has 5 nitrogen and oxygen atoms in total. The lowest BCUT2D eigenvalue weighted by molar-refractivity contribution is 0.0698. The van der Waals surface area contributed by atoms with Crippen LogP contribution in [0.1, 0.15) is 20.7 Å². The summed E-state index contributed by atoms with van der Waals surface area (Å²) >= 11 is 5.78. The molecule has 0 saturated carbocycles. The summed E-state index contributed by atoms with van der Waals surface area (Å²) < 4.78 is 12.7. The third-order valence-electron chi connectivity index (χ3n) is 2.47. The second-order valence-electron chi connectivity index (χ2n) is 3.79. The molecule has 0 bridgehead atoms. The standard InChI is InChI=1S/C13H8ClFN2O3/c14-8-2-1-3-9(11(8)13(19)20)17-12(18)7-4-5-10(15)16-6-7/h1-6H,(H,17,18)(H,19,20). The Morgan fingerprint density at radius 2 is 2.00 bits per heavy atom. The zero-order valence-corrected chi connectivity index (χ0v) is 10.7. The number of pyridine rings is 1. The Morgan fingerprint density at radius 3 is 2.60 bits per heavy atom. The second-order valence-corrected chi connectivity index (χ2v) is 4.20. The summed E-state index contributed by atoms with van der Waals surface area (Å²) in [7, 11) is 0. The highest BCUT2D eigenvalue weighted by atomic mass is 35.5. The van der Waals surface area contributed by atoms with Gasteiger partial charge in [-0.25, -0.2) is 9.78 Å². The van der Waals surface area contributed by atoms with Crippen LogP contribution in [0.5, 0.6) is 0 Å². The summed E-state index contributed by atoms with van der Waals surface area (Å²) in [6.45, 7) is 0. The molecule has 1 aromatic heterocycles. The van der Waals surface area contributed by atoms with Gasteiger partial charge in [0.2, 0.25) is 5.95 Å². The van der Waals surface area contributed by atoms with Gasteiger partial charge in [0.25, 0.3) is 5.91 Å². The van der Waals surface area contributed by atoms with Crippen molar-refractivity contribution in [1.82, 2.24) is 4.98 Å². The number of anilines is 1. The molecule has 2 rings (SSSR count). The Kier molecular flexibility index (Phi) is 3.95. The number of nitrogens with zero attached hydrogens (tertiary/aromatic N) is 1. The van der Waals surface area contributed by atoms with Gasteiger partial charge >= 0.3 is 5.97 Å². The zero-order chi connectivity index (χ0) is 14.7. The van der Waals surface area contributed by atoms with Crippen LogP contribution in [0.2, 0.25) is 5.02 Å². The lowest BCUT2D eigenvalue weighted by Crippen LogP contribution is -2.15. The first-order chi connectivity index (χ1) is 9.49. The van der Waals surface area contributed by atoms with Gasteiger partial charge in [-0.15, -0.1) is 0 Å². The van der Waals surface area contributed by atoms with E-state index in [1.165, 1.54) is 24.3 Å². The fraction of sp³-hybridized carbons (Fsp3) is 0. The molecule has 0 fully saturated rings. The molecule has 0 radical (unpaired) electrons. The van der Waals surface area contributed by atoms with E-state index in [2.05, 4.69) is 10.3 Å². The highest BCUT2D eigenvalue weighted by molar-refractivity contribution is 6.34. The van der Waals surface area contributed by atoms with E-state index in [0.717, 1.165) is 12.3 Å². The van der Waals surface area contributed by atoms with Gasteiger partial charge in [0.05, 0.1) is 16.3 Å². The fourth-order valence-corrected chi connectivity index (χ4v) is 1.81. The Morgan fingerprint density at radius 1 is 1.25 bits per heavy atom. The number of carboxylic acid groups (broad SMARTS) is 1. The van der Waals surface area contributed by atoms with Crippen molar-refractivity contribution in [3.8, 4) is 0 Å². The van der Waals surface area contributed by atoms with Crippen molar-refractivity contribution in [2.75, 3.05) is 5.32 Å². The number of carboxylic acids is 1. The number of hydrogen-bond donors (Lipinski definition) is 2. The first-order valence-corrected chi connectivity index (χ1v) is 5.81. The van der Waals surface area contributed by atoms with Crippen molar-refractivity contribution in [2.45, 2.75) is 0 Å². The molecule has 2 aromatic rings. The largest absolute Gasteiger partial charge is 0.478 e. The third-order valence-corrected chi connectivity index (χ3v) is 2.78. The molecule has 0 saturated heterocycles. The maximum atomic E-state index is 12.7. The van der Waals surface area contributed by atoms with Gasteiger partial charge in [-0.2, -0.15) is 4.39 Å². The number of carbonyl (C=O) groups excluding carboxylic acids is 1. The van der Waals surface area contributed by atoms with Gasteiger partial charge in [-0.1, -0.05) is 17.7 Å². The normalized spacial score (nSPS) is 10.1. The molecule has 0 unspecified atom stereocenters. The van der Waals surface area contributed by atoms with Crippen LogP contribution >= 0.6 is 11.6 Å². The highest BCUT2D eigenvalue weighted by Crippen LogP contribution is 2.24. The van der Waals surface area contributed by atoms with Crippen LogP contribution in [0.3, 0.4) is 0 Å². The van der Waals surface area contributed by atoms with E-state index in [1.54, 1.807) is 0 Å². The van der Waals surface area contributed by atoms with E-state index in [9.17, 15) is 14.0 Å². The number of benzene rings is 1. The third kappa shape index (κ3) is 2.92. The van der Waals surface area contributed by atoms with Crippen LogP contribution in [-0.4, -0.2) is 22.0 Å². The van der Waals surface area contributed by atoms with Crippen molar-refractivity contribution >= 4 is 29.2 Å². The molecule has 1 amide bonds. The first-order valence-electron chi connectivity index (χ1n) is 5.44. The van der Waals surface area contributed by atoms with Crippen LogP contribution < -0.4 is 5.32 Å². The molecule has 0 aliphatic heterocycles. The Labute approximate surface area is 118 Å². The van der Waals surface area contributed by atoms with Crippen molar-refractivity contribution < 1.29 is 19.1 Å². The molecule has 0 atom stereocenters. The van der Waals surface area contributed by atoms with Gasteiger partial charge in [0.15, 0.2) is 0 Å². The van der Waals surface area contributed by atoms with E-state index < -0.39 is 17.8 Å². The summed E-state index contributed by atoms with van der Waals surface area (Å²) in [5.74, 6) is -2.58. The van der Waals surface area contributed by atoms with E-state index in [4.69, 9.17) is 16.7 Å². The number of hydrogen-bond acceptors (Lipinski definition) is 3. The van der Waals surface area contributed by atoms with Crippen molar-refractivity contribution in [1.29, 1.82) is 0 Å². The van der Waals surface area contributed by atoms with Crippen LogP contribution in [0.15, 0.2) is 36.5 Å². The van der Waals surface area contributed by atoms with Gasteiger partial charge in [-0.05, 0) is 24.3 Å². The summed E-state index contributed by atoms with van der Waals surface area (Å²) in [6.07, 6.45) is 1.05. The van der Waals surface area contributed by atoms with Crippen LogP contribution in [-0.2, 0) is 0 Å². The van der Waals surface area contributed by atoms with E-state index in [0.29, 0.717) is 0 Å². The average Bonchev–Trinajstić information content (AvgIpc) is 2.39. The number of amides is 1. The Bertz CT molecular complexity index is 674. The molecule has 0 aliphatic rings. The SMILES string of the molecule is O=C(Nc1cccc(Cl)c1C(=O)O)c1ccc(F)nc1. The molecule has 7 heteroatoms. The van der Waals surface area contributed by atoms with E-state index >= 15 is 0 Å². The fourth-order valence-electron chi connectivity index (χ4n) is 1.55. The topological polar surface area (TPSA) is 79.3 Å². The summed E-state index contributed by atoms with van der Waals surface area (Å²) in [4.78, 5) is 26.4. The first kappa shape index (κ1) is 14.0. The van der Waals surface area contributed by atoms with Crippen LogP contribution in [0.25, 0.3) is 0 Å². The van der Waals surface area contributed by atoms with Crippen molar-refractivity contribution in [2.24, 2.45) is 0 Å². The molecular formula is C13H8ClFN2O3. The predicted molar refractivity (Wildman–Crippen MR) is 70.6 cm³/mol. The summed E-state index contributed by atoms with van der Waals surface area (Å²) in [5.41, 5.74) is -0.0559. The molecule has 0 spiro atoms. The maximum Gasteiger partial charge on any atom is 0.339 e. The minimum atomic E-state index is -1.26. The molecule has 102 valence electrons. The number of rotatable bonds is 3. The van der Waals surface area contributed by atoms with Gasteiger partial charge in [0.1, 0.15) is 5.56 Å². The smallest absolute Gasteiger partial charge is 0.339 e. The quantitative estimate of drug-likeness (QED) is 0.853. The second kappa shape index (κ2) is 5.66. The molecule has 1 heterocycles. The lowest BCUT2D eigenvalue weighted by Gasteiger charge is -2.09. The number of halogens is 2. The summed E-state index contributed by atoms with van der Waals surface area (Å²) in [5, 5.41) is 11.5. The van der Waals surface area contributed by atoms with Crippen LogP contribution in [0.4, 0.5) is 10.1 Å². The number of aromatic carboxylic acids is 1. The van der Waals surface area contributed by atoms with Crippen LogP contribution in [0, 0.1) is 5.95 Å². The number of nitrogens with one attached hydrogen (secondary N) is 1. The van der Waals surface area contributed by atoms with Gasteiger partial charge in [-0.3, -0.25) is 4.79 Å². The average molecular weight is 295 g/mol. The molecule has 0 aliphatic carbocycles. The monoisotopic (exact) mass is 294 g/mol. The molecule has 20 heavy (non-hydrogen) atoms. The lowest BCUT2D eigenvalue weighted by atomic mass is 10.1. The zero-order valence-electron chi connectivity index (χ0n) is 9.93. The minimum Gasteiger partial charge on any atom is -0.478 e. The summed E-state index contributed by atoms with van der Waals surface area (Å²) in [6, 6.07) is 6.59. The molecule has 1 aromatic carbocycles. The number of aromatic nitrogens is 1. The Balaban J connectivity index is 2.30. The number of carbonyl (C=O) groups is 2. The predicted octanol–water partition coefficient (Wildman–Crippen LogP) is 2.82. The Hall–Kier alpha value is -2.47. The van der Waals surface area contributed by atoms with Gasteiger partial charge < -0.3 is 10.4 Å².